The lowest BCUT2D eigenvalue weighted by Gasteiger charge is -2.35. The van der Waals surface area contributed by atoms with E-state index in [9.17, 15) is 8.42 Å². The van der Waals surface area contributed by atoms with E-state index in [0.717, 1.165) is 19.6 Å². The van der Waals surface area contributed by atoms with E-state index in [1.54, 1.807) is 0 Å². The number of rotatable bonds is 2. The van der Waals surface area contributed by atoms with Crippen molar-refractivity contribution >= 4 is 10.0 Å². The smallest absolute Gasteiger partial charge is 0.213 e. The summed E-state index contributed by atoms with van der Waals surface area (Å²) in [4.78, 5) is 2.21. The summed E-state index contributed by atoms with van der Waals surface area (Å²) < 4.78 is 22.1. The fourth-order valence-electron chi connectivity index (χ4n) is 1.89. The van der Waals surface area contributed by atoms with Gasteiger partial charge in [-0.05, 0) is 13.0 Å². The van der Waals surface area contributed by atoms with Gasteiger partial charge in [0.05, 0.1) is 5.25 Å². The first-order chi connectivity index (χ1) is 6.07. The van der Waals surface area contributed by atoms with Crippen LogP contribution >= 0.6 is 0 Å². The SMILES string of the molecule is NS(=O)(=O)C1CCN(C2CNC2)C1. The van der Waals surface area contributed by atoms with Crippen LogP contribution in [0.3, 0.4) is 0 Å². The molecular weight excluding hydrogens is 190 g/mol. The van der Waals surface area contributed by atoms with Gasteiger partial charge in [-0.15, -0.1) is 0 Å². The molecule has 0 bridgehead atoms. The Bertz CT molecular complexity index is 286. The molecule has 0 aromatic heterocycles. The maximum absolute atomic E-state index is 11.0. The van der Waals surface area contributed by atoms with E-state index in [1.807, 2.05) is 0 Å². The van der Waals surface area contributed by atoms with Crippen molar-refractivity contribution in [1.82, 2.24) is 10.2 Å². The highest BCUT2D eigenvalue weighted by molar-refractivity contribution is 7.89. The summed E-state index contributed by atoms with van der Waals surface area (Å²) in [6, 6.07) is 0.534. The maximum Gasteiger partial charge on any atom is 0.213 e. The van der Waals surface area contributed by atoms with Crippen molar-refractivity contribution < 1.29 is 8.42 Å². The summed E-state index contributed by atoms with van der Waals surface area (Å²) in [5.74, 6) is 0. The van der Waals surface area contributed by atoms with E-state index in [1.165, 1.54) is 0 Å². The molecule has 13 heavy (non-hydrogen) atoms. The van der Waals surface area contributed by atoms with E-state index in [0.29, 0.717) is 19.0 Å². The van der Waals surface area contributed by atoms with Crippen molar-refractivity contribution in [3.63, 3.8) is 0 Å². The van der Waals surface area contributed by atoms with E-state index < -0.39 is 10.0 Å². The molecular formula is C7H15N3O2S. The molecule has 2 aliphatic heterocycles. The minimum Gasteiger partial charge on any atom is -0.314 e. The number of nitrogens with two attached hydrogens (primary N) is 1. The summed E-state index contributed by atoms with van der Waals surface area (Å²) in [7, 11) is -3.32. The fourth-order valence-corrected chi connectivity index (χ4v) is 2.72. The first kappa shape index (κ1) is 9.39. The second kappa shape index (κ2) is 3.20. The maximum atomic E-state index is 11.0. The van der Waals surface area contributed by atoms with Crippen LogP contribution in [0.1, 0.15) is 6.42 Å². The Hall–Kier alpha value is -0.170. The molecule has 0 radical (unpaired) electrons. The number of nitrogens with one attached hydrogen (secondary N) is 1. The number of nitrogens with zero attached hydrogens (tertiary/aromatic N) is 1. The minimum atomic E-state index is -3.32. The van der Waals surface area contributed by atoms with Crippen molar-refractivity contribution in [2.24, 2.45) is 5.14 Å². The molecule has 5 nitrogen and oxygen atoms in total. The van der Waals surface area contributed by atoms with Gasteiger partial charge in [0, 0.05) is 25.7 Å². The summed E-state index contributed by atoms with van der Waals surface area (Å²) in [5.41, 5.74) is 0. The van der Waals surface area contributed by atoms with Gasteiger partial charge in [0.2, 0.25) is 10.0 Å². The Morgan fingerprint density at radius 2 is 2.08 bits per heavy atom. The Morgan fingerprint density at radius 3 is 2.46 bits per heavy atom. The van der Waals surface area contributed by atoms with Crippen LogP contribution in [0.15, 0.2) is 0 Å². The van der Waals surface area contributed by atoms with Crippen LogP contribution in [0.2, 0.25) is 0 Å². The van der Waals surface area contributed by atoms with Crippen LogP contribution in [-0.2, 0) is 10.0 Å². The van der Waals surface area contributed by atoms with Crippen molar-refractivity contribution in [1.29, 1.82) is 0 Å². The average molecular weight is 205 g/mol. The lowest BCUT2D eigenvalue weighted by atomic mass is 10.1. The molecule has 2 rings (SSSR count). The highest BCUT2D eigenvalue weighted by Crippen LogP contribution is 2.18. The number of primary sulfonamides is 1. The van der Waals surface area contributed by atoms with Gasteiger partial charge in [-0.1, -0.05) is 0 Å². The zero-order chi connectivity index (χ0) is 9.47. The minimum absolute atomic E-state index is 0.340. The molecule has 0 spiro atoms. The van der Waals surface area contributed by atoms with Gasteiger partial charge >= 0.3 is 0 Å². The summed E-state index contributed by atoms with van der Waals surface area (Å²) in [6.45, 7) is 3.45. The Morgan fingerprint density at radius 1 is 1.38 bits per heavy atom. The van der Waals surface area contributed by atoms with Gasteiger partial charge in [-0.3, -0.25) is 4.90 Å². The average Bonchev–Trinajstić information content (AvgIpc) is 2.29. The Balaban J connectivity index is 1.93. The zero-order valence-corrected chi connectivity index (χ0v) is 8.26. The molecule has 0 saturated carbocycles. The number of likely N-dealkylation sites (tertiary alicyclic amines) is 1. The van der Waals surface area contributed by atoms with Crippen molar-refractivity contribution in [3.05, 3.63) is 0 Å². The van der Waals surface area contributed by atoms with E-state index in [2.05, 4.69) is 10.2 Å². The molecule has 2 heterocycles. The second-order valence-corrected chi connectivity index (χ2v) is 5.65. The molecule has 0 aromatic rings. The Labute approximate surface area is 78.3 Å². The van der Waals surface area contributed by atoms with Crippen LogP contribution in [0, 0.1) is 0 Å². The monoisotopic (exact) mass is 205 g/mol. The first-order valence-corrected chi connectivity index (χ1v) is 6.14. The van der Waals surface area contributed by atoms with Crippen molar-refractivity contribution in [2.45, 2.75) is 17.7 Å². The molecule has 76 valence electrons. The van der Waals surface area contributed by atoms with Gasteiger partial charge < -0.3 is 5.32 Å². The standard InChI is InChI=1S/C7H15N3O2S/c8-13(11,12)7-1-2-10(5-7)6-3-9-4-6/h6-7,9H,1-5H2,(H2,8,11,12). The van der Waals surface area contributed by atoms with Crippen LogP contribution in [-0.4, -0.2) is 50.8 Å². The van der Waals surface area contributed by atoms with Gasteiger partial charge in [-0.2, -0.15) is 0 Å². The highest BCUT2D eigenvalue weighted by atomic mass is 32.2. The molecule has 2 saturated heterocycles. The van der Waals surface area contributed by atoms with Gasteiger partial charge in [0.1, 0.15) is 0 Å². The van der Waals surface area contributed by atoms with Gasteiger partial charge in [-0.25, -0.2) is 13.6 Å². The predicted molar refractivity (Wildman–Crippen MR) is 49.7 cm³/mol. The molecule has 2 fully saturated rings. The topological polar surface area (TPSA) is 75.4 Å². The molecule has 0 aromatic carbocycles. The largest absolute Gasteiger partial charge is 0.314 e. The summed E-state index contributed by atoms with van der Waals surface area (Å²) in [5, 5.41) is 7.92. The van der Waals surface area contributed by atoms with E-state index in [-0.39, 0.29) is 5.25 Å². The van der Waals surface area contributed by atoms with Gasteiger partial charge in [0.15, 0.2) is 0 Å². The fraction of sp³-hybridized carbons (Fsp3) is 1.00. The normalized spacial score (nSPS) is 31.9. The highest BCUT2D eigenvalue weighted by Gasteiger charge is 2.35. The van der Waals surface area contributed by atoms with Crippen molar-refractivity contribution in [2.75, 3.05) is 26.2 Å². The van der Waals surface area contributed by atoms with E-state index in [4.69, 9.17) is 5.14 Å². The third-order valence-electron chi connectivity index (χ3n) is 2.92. The second-order valence-electron chi connectivity index (χ2n) is 3.81. The number of hydrogen-bond donors (Lipinski definition) is 2. The quantitative estimate of drug-likeness (QED) is 0.565. The third-order valence-corrected chi connectivity index (χ3v) is 4.23. The molecule has 3 N–H and O–H groups in total. The molecule has 0 aliphatic carbocycles. The molecule has 1 unspecified atom stereocenters. The lowest BCUT2D eigenvalue weighted by molar-refractivity contribution is 0.180. The first-order valence-electron chi connectivity index (χ1n) is 4.54. The van der Waals surface area contributed by atoms with Gasteiger partial charge in [0.25, 0.3) is 0 Å². The molecule has 6 heteroatoms. The van der Waals surface area contributed by atoms with Crippen LogP contribution in [0.25, 0.3) is 0 Å². The predicted octanol–water partition coefficient (Wildman–Crippen LogP) is -1.68. The lowest BCUT2D eigenvalue weighted by Crippen LogP contribution is -2.56. The summed E-state index contributed by atoms with van der Waals surface area (Å²) >= 11 is 0. The Kier molecular flexibility index (Phi) is 2.31. The molecule has 2 aliphatic rings. The molecule has 0 amide bonds. The van der Waals surface area contributed by atoms with Crippen molar-refractivity contribution in [3.8, 4) is 0 Å². The summed E-state index contributed by atoms with van der Waals surface area (Å²) in [6.07, 6.45) is 0.690. The van der Waals surface area contributed by atoms with Crippen LogP contribution in [0.5, 0.6) is 0 Å². The number of hydrogen-bond acceptors (Lipinski definition) is 4. The molecule has 1 atom stereocenters. The van der Waals surface area contributed by atoms with Crippen LogP contribution in [0.4, 0.5) is 0 Å². The number of sulfonamides is 1. The van der Waals surface area contributed by atoms with Crippen LogP contribution < -0.4 is 10.5 Å². The third kappa shape index (κ3) is 1.85. The van der Waals surface area contributed by atoms with E-state index >= 15 is 0 Å². The zero-order valence-electron chi connectivity index (χ0n) is 7.44.